The van der Waals surface area contributed by atoms with Gasteiger partial charge in [0.05, 0.1) is 5.69 Å². The van der Waals surface area contributed by atoms with Crippen LogP contribution in [-0.2, 0) is 0 Å². The van der Waals surface area contributed by atoms with Gasteiger partial charge in [0, 0.05) is 0 Å². The van der Waals surface area contributed by atoms with Crippen LogP contribution in [0.1, 0.15) is 25.3 Å². The Labute approximate surface area is 66.3 Å². The van der Waals surface area contributed by atoms with Crippen LogP contribution in [-0.4, -0.2) is 4.98 Å². The second kappa shape index (κ2) is 4.28. The fourth-order valence-electron chi connectivity index (χ4n) is 0.482. The highest BCUT2D eigenvalue weighted by Gasteiger charge is 1.92. The molecule has 0 unspecified atom stereocenters. The molecule has 0 saturated carbocycles. The minimum Gasteiger partial charge on any atom is -0.435 e. The fraction of sp³-hybridized carbons (Fsp3) is 0.571. The summed E-state index contributed by atoms with van der Waals surface area (Å²) in [4.78, 5) is 3.31. The van der Waals surface area contributed by atoms with E-state index < -0.39 is 0 Å². The summed E-state index contributed by atoms with van der Waals surface area (Å²) in [6, 6.07) is 0. The number of H-pyrrole nitrogens is 1. The van der Waals surface area contributed by atoms with E-state index in [9.17, 15) is 0 Å². The van der Waals surface area contributed by atoms with E-state index >= 15 is 0 Å². The van der Waals surface area contributed by atoms with Gasteiger partial charge < -0.3 is 9.40 Å². The number of hydrogen-bond donors (Lipinski definition) is 1. The van der Waals surface area contributed by atoms with Gasteiger partial charge in [-0.25, -0.2) is 0 Å². The normalized spacial score (nSPS) is 8.40. The number of aromatic amines is 1. The SMILES string of the molecule is CC.Cc1[nH]c(=S)oc1C. The first kappa shape index (κ1) is 9.43. The third-order valence-corrected chi connectivity index (χ3v) is 1.25. The monoisotopic (exact) mass is 159 g/mol. The topological polar surface area (TPSA) is 28.9 Å². The van der Waals surface area contributed by atoms with Crippen molar-refractivity contribution in [1.82, 2.24) is 4.98 Å². The molecular formula is C7H13NOS. The van der Waals surface area contributed by atoms with Crippen LogP contribution >= 0.6 is 12.2 Å². The van der Waals surface area contributed by atoms with E-state index in [0.717, 1.165) is 11.5 Å². The summed E-state index contributed by atoms with van der Waals surface area (Å²) in [6.07, 6.45) is 0. The number of aryl methyl sites for hydroxylation is 2. The van der Waals surface area contributed by atoms with E-state index in [1.165, 1.54) is 0 Å². The molecule has 58 valence electrons. The predicted molar refractivity (Wildman–Crippen MR) is 44.7 cm³/mol. The average molecular weight is 159 g/mol. The lowest BCUT2D eigenvalue weighted by Crippen LogP contribution is -1.69. The molecule has 1 N–H and O–H groups in total. The van der Waals surface area contributed by atoms with Gasteiger partial charge in [-0.15, -0.1) is 0 Å². The van der Waals surface area contributed by atoms with Crippen LogP contribution in [0.4, 0.5) is 0 Å². The Morgan fingerprint density at radius 2 is 1.80 bits per heavy atom. The molecule has 0 radical (unpaired) electrons. The molecule has 0 aliphatic rings. The summed E-state index contributed by atoms with van der Waals surface area (Å²) in [5.41, 5.74) is 1.01. The molecule has 3 heteroatoms. The second-order valence-electron chi connectivity index (χ2n) is 1.70. The maximum atomic E-state index is 4.97. The summed E-state index contributed by atoms with van der Waals surface area (Å²) in [7, 11) is 0. The van der Waals surface area contributed by atoms with Gasteiger partial charge >= 0.3 is 0 Å². The van der Waals surface area contributed by atoms with Gasteiger partial charge in [0.2, 0.25) is 0 Å². The first-order chi connectivity index (χ1) is 4.70. The summed E-state index contributed by atoms with van der Waals surface area (Å²) in [5, 5.41) is 0. The van der Waals surface area contributed by atoms with E-state index in [0.29, 0.717) is 4.84 Å². The predicted octanol–water partition coefficient (Wildman–Crippen LogP) is 2.98. The third-order valence-electron chi connectivity index (χ3n) is 1.06. The molecule has 1 aromatic heterocycles. The van der Waals surface area contributed by atoms with Crippen LogP contribution in [0.2, 0.25) is 0 Å². The number of nitrogens with one attached hydrogen (secondary N) is 1. The summed E-state index contributed by atoms with van der Waals surface area (Å²) in [6.45, 7) is 7.80. The maximum Gasteiger partial charge on any atom is 0.266 e. The van der Waals surface area contributed by atoms with Crippen molar-refractivity contribution in [2.24, 2.45) is 0 Å². The molecule has 0 spiro atoms. The molecule has 0 saturated heterocycles. The number of aromatic nitrogens is 1. The Bertz CT molecular complexity index is 213. The molecule has 0 atom stereocenters. The molecule has 0 bridgehead atoms. The fourth-order valence-corrected chi connectivity index (χ4v) is 0.760. The van der Waals surface area contributed by atoms with Gasteiger partial charge in [-0.2, -0.15) is 0 Å². The molecule has 0 fully saturated rings. The highest BCUT2D eigenvalue weighted by molar-refractivity contribution is 7.71. The zero-order valence-corrected chi connectivity index (χ0v) is 7.63. The molecule has 10 heavy (non-hydrogen) atoms. The van der Waals surface area contributed by atoms with Gasteiger partial charge in [0.1, 0.15) is 5.76 Å². The molecule has 1 rings (SSSR count). The highest BCUT2D eigenvalue weighted by atomic mass is 32.1. The van der Waals surface area contributed by atoms with Crippen molar-refractivity contribution < 1.29 is 4.42 Å². The Balaban J connectivity index is 0.000000371. The van der Waals surface area contributed by atoms with Crippen molar-refractivity contribution >= 4 is 12.2 Å². The van der Waals surface area contributed by atoms with Gasteiger partial charge in [0.15, 0.2) is 0 Å². The van der Waals surface area contributed by atoms with E-state index in [4.69, 9.17) is 16.6 Å². The Hall–Kier alpha value is -0.570. The molecule has 0 aliphatic heterocycles. The van der Waals surface area contributed by atoms with E-state index in [-0.39, 0.29) is 0 Å². The van der Waals surface area contributed by atoms with Crippen molar-refractivity contribution in [3.8, 4) is 0 Å². The van der Waals surface area contributed by atoms with E-state index in [1.807, 2.05) is 27.7 Å². The summed E-state index contributed by atoms with van der Waals surface area (Å²) < 4.78 is 4.97. The Morgan fingerprint density at radius 1 is 1.30 bits per heavy atom. The van der Waals surface area contributed by atoms with Crippen molar-refractivity contribution in [2.75, 3.05) is 0 Å². The zero-order valence-electron chi connectivity index (χ0n) is 6.82. The largest absolute Gasteiger partial charge is 0.435 e. The first-order valence-electron chi connectivity index (χ1n) is 3.36. The smallest absolute Gasteiger partial charge is 0.266 e. The second-order valence-corrected chi connectivity index (χ2v) is 2.07. The van der Waals surface area contributed by atoms with Crippen LogP contribution in [0.3, 0.4) is 0 Å². The number of hydrogen-bond acceptors (Lipinski definition) is 2. The van der Waals surface area contributed by atoms with Crippen LogP contribution < -0.4 is 0 Å². The molecular weight excluding hydrogens is 146 g/mol. The van der Waals surface area contributed by atoms with Gasteiger partial charge in [0.25, 0.3) is 4.84 Å². The van der Waals surface area contributed by atoms with Crippen LogP contribution in [0.15, 0.2) is 4.42 Å². The molecule has 1 heterocycles. The minimum atomic E-state index is 0.458. The minimum absolute atomic E-state index is 0.458. The molecule has 0 amide bonds. The van der Waals surface area contributed by atoms with Crippen molar-refractivity contribution in [2.45, 2.75) is 27.7 Å². The lowest BCUT2D eigenvalue weighted by Gasteiger charge is -1.77. The van der Waals surface area contributed by atoms with Crippen molar-refractivity contribution in [1.29, 1.82) is 0 Å². The zero-order chi connectivity index (χ0) is 8.15. The Kier molecular flexibility index (Phi) is 4.03. The van der Waals surface area contributed by atoms with Gasteiger partial charge in [-0.1, -0.05) is 13.8 Å². The van der Waals surface area contributed by atoms with Crippen molar-refractivity contribution in [3.05, 3.63) is 16.3 Å². The number of rotatable bonds is 0. The van der Waals surface area contributed by atoms with Gasteiger partial charge in [-0.3, -0.25) is 0 Å². The third kappa shape index (κ3) is 2.35. The number of oxazole rings is 1. The molecule has 0 aliphatic carbocycles. The van der Waals surface area contributed by atoms with Crippen LogP contribution in [0.25, 0.3) is 0 Å². The maximum absolute atomic E-state index is 4.97. The average Bonchev–Trinajstić information content (AvgIpc) is 2.16. The summed E-state index contributed by atoms with van der Waals surface area (Å²) in [5.74, 6) is 0.870. The lowest BCUT2D eigenvalue weighted by atomic mass is 10.4. The quantitative estimate of drug-likeness (QED) is 0.589. The summed E-state index contributed by atoms with van der Waals surface area (Å²) >= 11 is 4.70. The lowest BCUT2D eigenvalue weighted by molar-refractivity contribution is 0.510. The van der Waals surface area contributed by atoms with E-state index in [1.54, 1.807) is 0 Å². The van der Waals surface area contributed by atoms with E-state index in [2.05, 4.69) is 4.98 Å². The highest BCUT2D eigenvalue weighted by Crippen LogP contribution is 2.02. The first-order valence-corrected chi connectivity index (χ1v) is 3.77. The molecule has 2 nitrogen and oxygen atoms in total. The Morgan fingerprint density at radius 3 is 1.90 bits per heavy atom. The van der Waals surface area contributed by atoms with Gasteiger partial charge in [-0.05, 0) is 26.1 Å². The molecule has 1 aromatic rings. The van der Waals surface area contributed by atoms with Crippen LogP contribution in [0.5, 0.6) is 0 Å². The standard InChI is InChI=1S/C5H7NOS.C2H6/c1-3-4(2)7-5(8)6-3;1-2/h1-2H3,(H,6,8);1-2H3. The van der Waals surface area contributed by atoms with Crippen molar-refractivity contribution in [3.63, 3.8) is 0 Å². The van der Waals surface area contributed by atoms with Crippen LogP contribution in [0, 0.1) is 18.7 Å². The molecule has 0 aromatic carbocycles.